The lowest BCUT2D eigenvalue weighted by molar-refractivity contribution is -0.113. The zero-order valence-corrected chi connectivity index (χ0v) is 18.7. The Kier molecular flexibility index (Phi) is 7.52. The van der Waals surface area contributed by atoms with E-state index in [9.17, 15) is 4.79 Å². The Morgan fingerprint density at radius 1 is 1.10 bits per heavy atom. The third-order valence-electron chi connectivity index (χ3n) is 4.88. The molecule has 1 heterocycles. The van der Waals surface area contributed by atoms with E-state index in [1.54, 1.807) is 0 Å². The van der Waals surface area contributed by atoms with Crippen LogP contribution in [-0.2, 0) is 24.7 Å². The molecule has 0 aliphatic carbocycles. The number of carbonyl (C=O) groups excluding carboxylic acids is 1. The molecule has 3 aromatic rings. The molecule has 7 heteroatoms. The summed E-state index contributed by atoms with van der Waals surface area (Å²) in [4.78, 5) is 12.4. The van der Waals surface area contributed by atoms with Crippen LogP contribution in [0.4, 0.5) is 5.69 Å². The summed E-state index contributed by atoms with van der Waals surface area (Å²) < 4.78 is 7.89. The standard InChI is InChI=1S/C23H28N4O2S/c1-5-17-11-13-19(14-12-17)29-16(3)22-25-26-23(27(22)4)30-15-21(28)24-20-10-8-7-9-18(20)6-2/h7-14,16H,5-6,15H2,1-4H3,(H,24,28). The summed E-state index contributed by atoms with van der Waals surface area (Å²) in [6.07, 6.45) is 1.61. The van der Waals surface area contributed by atoms with Crippen LogP contribution in [0.2, 0.25) is 0 Å². The topological polar surface area (TPSA) is 69.0 Å². The Labute approximate surface area is 182 Å². The lowest BCUT2D eigenvalue weighted by atomic mass is 10.1. The predicted molar refractivity (Wildman–Crippen MR) is 121 cm³/mol. The molecule has 1 aromatic heterocycles. The first-order valence-corrected chi connectivity index (χ1v) is 11.2. The second kappa shape index (κ2) is 10.3. The summed E-state index contributed by atoms with van der Waals surface area (Å²) in [5.41, 5.74) is 3.25. The third-order valence-corrected chi connectivity index (χ3v) is 5.90. The van der Waals surface area contributed by atoms with Crippen LogP contribution in [0.3, 0.4) is 0 Å². The van der Waals surface area contributed by atoms with Crippen molar-refractivity contribution >= 4 is 23.4 Å². The van der Waals surface area contributed by atoms with Gasteiger partial charge in [-0.1, -0.05) is 55.9 Å². The van der Waals surface area contributed by atoms with Gasteiger partial charge in [0.25, 0.3) is 0 Å². The highest BCUT2D eigenvalue weighted by atomic mass is 32.2. The molecule has 0 radical (unpaired) electrons. The molecule has 1 atom stereocenters. The monoisotopic (exact) mass is 424 g/mol. The molecule has 0 bridgehead atoms. The SMILES string of the molecule is CCc1ccc(OC(C)c2nnc(SCC(=O)Nc3ccccc3CC)n2C)cc1. The highest BCUT2D eigenvalue weighted by molar-refractivity contribution is 7.99. The fourth-order valence-corrected chi connectivity index (χ4v) is 3.85. The van der Waals surface area contributed by atoms with Gasteiger partial charge in [0.1, 0.15) is 5.75 Å². The number of aromatic nitrogens is 3. The third kappa shape index (κ3) is 5.42. The molecular weight excluding hydrogens is 396 g/mol. The number of carbonyl (C=O) groups is 1. The van der Waals surface area contributed by atoms with Crippen LogP contribution in [-0.4, -0.2) is 26.4 Å². The lowest BCUT2D eigenvalue weighted by Crippen LogP contribution is -2.16. The van der Waals surface area contributed by atoms with Gasteiger partial charge in [-0.2, -0.15) is 0 Å². The summed E-state index contributed by atoms with van der Waals surface area (Å²) in [5.74, 6) is 1.71. The maximum Gasteiger partial charge on any atom is 0.234 e. The lowest BCUT2D eigenvalue weighted by Gasteiger charge is -2.14. The van der Waals surface area contributed by atoms with E-state index < -0.39 is 0 Å². The van der Waals surface area contributed by atoms with Crippen LogP contribution in [0.1, 0.15) is 43.8 Å². The number of para-hydroxylation sites is 1. The molecule has 0 fully saturated rings. The smallest absolute Gasteiger partial charge is 0.234 e. The van der Waals surface area contributed by atoms with Gasteiger partial charge in [-0.3, -0.25) is 4.79 Å². The van der Waals surface area contributed by atoms with Gasteiger partial charge in [0.15, 0.2) is 17.1 Å². The van der Waals surface area contributed by atoms with E-state index in [1.807, 2.05) is 54.9 Å². The second-order valence-electron chi connectivity index (χ2n) is 7.00. The van der Waals surface area contributed by atoms with E-state index in [4.69, 9.17) is 4.74 Å². The van der Waals surface area contributed by atoms with Crippen molar-refractivity contribution in [2.24, 2.45) is 7.05 Å². The Morgan fingerprint density at radius 2 is 1.83 bits per heavy atom. The number of anilines is 1. The average molecular weight is 425 g/mol. The van der Waals surface area contributed by atoms with Crippen molar-refractivity contribution in [3.8, 4) is 5.75 Å². The number of nitrogens with zero attached hydrogens (tertiary/aromatic N) is 3. The minimum absolute atomic E-state index is 0.0641. The number of thioether (sulfide) groups is 1. The van der Waals surface area contributed by atoms with Gasteiger partial charge in [0, 0.05) is 12.7 Å². The quantitative estimate of drug-likeness (QED) is 0.499. The highest BCUT2D eigenvalue weighted by Crippen LogP contribution is 2.24. The summed E-state index contributed by atoms with van der Waals surface area (Å²) in [6.45, 7) is 6.14. The van der Waals surface area contributed by atoms with Gasteiger partial charge < -0.3 is 14.6 Å². The van der Waals surface area contributed by atoms with Gasteiger partial charge >= 0.3 is 0 Å². The maximum atomic E-state index is 12.4. The number of hydrogen-bond acceptors (Lipinski definition) is 5. The summed E-state index contributed by atoms with van der Waals surface area (Å²) in [7, 11) is 1.89. The molecule has 0 saturated carbocycles. The van der Waals surface area contributed by atoms with Crippen LogP contribution in [0.5, 0.6) is 5.75 Å². The van der Waals surface area contributed by atoms with E-state index in [0.29, 0.717) is 11.0 Å². The predicted octanol–water partition coefficient (Wildman–Crippen LogP) is 4.81. The molecule has 158 valence electrons. The molecule has 30 heavy (non-hydrogen) atoms. The van der Waals surface area contributed by atoms with Crippen molar-refractivity contribution in [3.05, 3.63) is 65.5 Å². The summed E-state index contributed by atoms with van der Waals surface area (Å²) >= 11 is 1.36. The normalized spacial score (nSPS) is 11.9. The van der Waals surface area contributed by atoms with E-state index in [-0.39, 0.29) is 17.8 Å². The van der Waals surface area contributed by atoms with Crippen molar-refractivity contribution in [1.82, 2.24) is 14.8 Å². The van der Waals surface area contributed by atoms with Gasteiger partial charge in [-0.05, 0) is 49.1 Å². The Bertz CT molecular complexity index is 985. The summed E-state index contributed by atoms with van der Waals surface area (Å²) in [5, 5.41) is 12.2. The minimum Gasteiger partial charge on any atom is -0.483 e. The number of hydrogen-bond donors (Lipinski definition) is 1. The van der Waals surface area contributed by atoms with Gasteiger partial charge in [-0.25, -0.2) is 0 Å². The van der Waals surface area contributed by atoms with Crippen molar-refractivity contribution in [2.75, 3.05) is 11.1 Å². The second-order valence-corrected chi connectivity index (χ2v) is 7.95. The first kappa shape index (κ1) is 21.9. The molecule has 6 nitrogen and oxygen atoms in total. The zero-order valence-electron chi connectivity index (χ0n) is 17.9. The van der Waals surface area contributed by atoms with Crippen LogP contribution >= 0.6 is 11.8 Å². The van der Waals surface area contributed by atoms with Crippen LogP contribution in [0, 0.1) is 0 Å². The number of rotatable bonds is 9. The van der Waals surface area contributed by atoms with Gasteiger partial charge in [0.05, 0.1) is 5.75 Å². The molecule has 2 aromatic carbocycles. The molecule has 0 aliphatic heterocycles. The number of amides is 1. The molecule has 0 saturated heterocycles. The fourth-order valence-electron chi connectivity index (χ4n) is 3.13. The molecule has 0 aliphatic rings. The molecule has 1 N–H and O–H groups in total. The number of nitrogens with one attached hydrogen (secondary N) is 1. The molecule has 1 unspecified atom stereocenters. The average Bonchev–Trinajstić information content (AvgIpc) is 3.13. The molecule has 1 amide bonds. The Hall–Kier alpha value is -2.80. The van der Waals surface area contributed by atoms with Crippen LogP contribution in [0.25, 0.3) is 0 Å². The van der Waals surface area contributed by atoms with Crippen molar-refractivity contribution in [1.29, 1.82) is 0 Å². The number of aryl methyl sites for hydroxylation is 2. The number of ether oxygens (including phenoxy) is 1. The van der Waals surface area contributed by atoms with Gasteiger partial charge in [-0.15, -0.1) is 10.2 Å². The molecule has 3 rings (SSSR count). The maximum absolute atomic E-state index is 12.4. The first-order chi connectivity index (χ1) is 14.5. The minimum atomic E-state index is -0.255. The molecule has 0 spiro atoms. The van der Waals surface area contributed by atoms with Crippen LogP contribution in [0.15, 0.2) is 53.7 Å². The fraction of sp³-hybridized carbons (Fsp3) is 0.348. The van der Waals surface area contributed by atoms with Crippen LogP contribution < -0.4 is 10.1 Å². The highest BCUT2D eigenvalue weighted by Gasteiger charge is 2.18. The summed E-state index contributed by atoms with van der Waals surface area (Å²) in [6, 6.07) is 15.9. The van der Waals surface area contributed by atoms with Crippen molar-refractivity contribution in [3.63, 3.8) is 0 Å². The van der Waals surface area contributed by atoms with Crippen molar-refractivity contribution in [2.45, 2.75) is 44.9 Å². The largest absolute Gasteiger partial charge is 0.483 e. The first-order valence-electron chi connectivity index (χ1n) is 10.2. The van der Waals surface area contributed by atoms with E-state index in [0.717, 1.165) is 29.8 Å². The number of benzene rings is 2. The molecular formula is C23H28N4O2S. The van der Waals surface area contributed by atoms with Gasteiger partial charge in [0.2, 0.25) is 5.91 Å². The zero-order chi connectivity index (χ0) is 21.5. The van der Waals surface area contributed by atoms with Crippen molar-refractivity contribution < 1.29 is 9.53 Å². The Balaban J connectivity index is 1.58. The van der Waals surface area contributed by atoms with E-state index >= 15 is 0 Å². The van der Waals surface area contributed by atoms with E-state index in [1.165, 1.54) is 17.3 Å². The Morgan fingerprint density at radius 3 is 2.53 bits per heavy atom. The van der Waals surface area contributed by atoms with E-state index in [2.05, 4.69) is 41.5 Å².